The van der Waals surface area contributed by atoms with E-state index in [1.54, 1.807) is 0 Å². The second-order valence-corrected chi connectivity index (χ2v) is 10.0. The summed E-state index contributed by atoms with van der Waals surface area (Å²) in [6.45, 7) is 5.18. The molecule has 6 rings (SSSR count). The van der Waals surface area contributed by atoms with Crippen molar-refractivity contribution in [3.05, 3.63) is 0 Å². The number of hydrogen-bond donors (Lipinski definition) is 1. The van der Waals surface area contributed by atoms with E-state index in [9.17, 15) is 14.7 Å². The maximum absolute atomic E-state index is 13.3. The lowest BCUT2D eigenvalue weighted by Gasteiger charge is -2.61. The smallest absolute Gasteiger partial charge is 0.320 e. The molecule has 6 fully saturated rings. The van der Waals surface area contributed by atoms with Crippen LogP contribution in [0.5, 0.6) is 0 Å². The molecule has 0 amide bonds. The van der Waals surface area contributed by atoms with Crippen LogP contribution in [0.25, 0.3) is 0 Å². The van der Waals surface area contributed by atoms with Crippen LogP contribution in [-0.4, -0.2) is 48.6 Å². The summed E-state index contributed by atoms with van der Waals surface area (Å²) in [6, 6.07) is 0. The number of carbonyl (C=O) groups excluding carboxylic acids is 2. The molecule has 1 N–H and O–H groups in total. The van der Waals surface area contributed by atoms with Crippen LogP contribution in [-0.2, 0) is 23.8 Å². The monoisotopic (exact) mass is 362 g/mol. The van der Waals surface area contributed by atoms with E-state index in [4.69, 9.17) is 14.2 Å². The summed E-state index contributed by atoms with van der Waals surface area (Å²) in [7, 11) is 0. The fraction of sp³-hybridized carbons (Fsp3) is 0.900. The zero-order valence-corrected chi connectivity index (χ0v) is 15.3. The van der Waals surface area contributed by atoms with Crippen LogP contribution in [0.1, 0.15) is 39.5 Å². The van der Waals surface area contributed by atoms with Gasteiger partial charge in [0.05, 0.1) is 19.3 Å². The lowest BCUT2D eigenvalue weighted by atomic mass is 9.44. The number of fused-ring (bicyclic) bond motifs is 1. The Kier molecular flexibility index (Phi) is 2.79. The van der Waals surface area contributed by atoms with Gasteiger partial charge in [0.1, 0.15) is 11.5 Å². The van der Waals surface area contributed by atoms with Gasteiger partial charge in [0.25, 0.3) is 0 Å². The van der Waals surface area contributed by atoms with E-state index in [0.717, 1.165) is 12.8 Å². The van der Waals surface area contributed by atoms with Gasteiger partial charge in [0, 0.05) is 23.2 Å². The highest BCUT2D eigenvalue weighted by Crippen LogP contribution is 2.72. The van der Waals surface area contributed by atoms with Crippen molar-refractivity contribution >= 4 is 11.8 Å². The molecular weight excluding hydrogens is 336 g/mol. The van der Waals surface area contributed by atoms with Crippen molar-refractivity contribution in [2.45, 2.75) is 58.0 Å². The lowest BCUT2D eigenvalue weighted by Crippen LogP contribution is -2.70. The third-order valence-corrected chi connectivity index (χ3v) is 9.05. The van der Waals surface area contributed by atoms with E-state index < -0.39 is 22.9 Å². The Morgan fingerprint density at radius 1 is 1.15 bits per heavy atom. The van der Waals surface area contributed by atoms with Gasteiger partial charge in [0.2, 0.25) is 0 Å². The molecule has 0 aromatic carbocycles. The van der Waals surface area contributed by atoms with Crippen LogP contribution < -0.4 is 0 Å². The van der Waals surface area contributed by atoms with E-state index in [1.165, 1.54) is 0 Å². The Morgan fingerprint density at radius 2 is 1.92 bits per heavy atom. The molecule has 3 aliphatic carbocycles. The first-order valence-electron chi connectivity index (χ1n) is 10.0. The van der Waals surface area contributed by atoms with Crippen molar-refractivity contribution < 1.29 is 28.9 Å². The molecule has 26 heavy (non-hydrogen) atoms. The summed E-state index contributed by atoms with van der Waals surface area (Å²) in [4.78, 5) is 26.5. The summed E-state index contributed by atoms with van der Waals surface area (Å²) in [6.07, 6.45) is 1.53. The first kappa shape index (κ1) is 16.0. The minimum Gasteiger partial charge on any atom is -0.461 e. The molecule has 2 spiro atoms. The van der Waals surface area contributed by atoms with Gasteiger partial charge in [-0.15, -0.1) is 0 Å². The molecule has 0 aromatic heterocycles. The largest absolute Gasteiger partial charge is 0.461 e. The van der Waals surface area contributed by atoms with E-state index in [1.807, 2.05) is 6.92 Å². The fourth-order valence-electron chi connectivity index (χ4n) is 8.07. The van der Waals surface area contributed by atoms with Crippen molar-refractivity contribution in [3.8, 4) is 0 Å². The number of esters is 1. The van der Waals surface area contributed by atoms with E-state index >= 15 is 0 Å². The highest BCUT2D eigenvalue weighted by atomic mass is 16.7. The molecule has 10 atom stereocenters. The summed E-state index contributed by atoms with van der Waals surface area (Å²) in [5, 5.41) is 11.2. The molecule has 3 saturated heterocycles. The standard InChI is InChI=1S/C20H26O6/c1-9-10-5-11(21)13-19(6-10,15(9)22)17(23)26-12-3-4-18(2)7-24-16-14(18)20(12,13)8-25-16/h9-14,16,21H,3-8H2,1-2H3/t9-,10-,11-,12+,13-,14-,16+,18+,19+,20+/m1/s1. The second-order valence-electron chi connectivity index (χ2n) is 10.0. The molecular formula is C20H26O6. The number of Topliss-reactive ketones (excluding diaryl/α,β-unsaturated/α-hetero) is 1. The van der Waals surface area contributed by atoms with Crippen LogP contribution in [0, 0.1) is 39.9 Å². The van der Waals surface area contributed by atoms with Crippen LogP contribution in [0.3, 0.4) is 0 Å². The first-order valence-corrected chi connectivity index (χ1v) is 10.0. The third kappa shape index (κ3) is 1.44. The highest BCUT2D eigenvalue weighted by molar-refractivity contribution is 6.08. The summed E-state index contributed by atoms with van der Waals surface area (Å²) in [5.41, 5.74) is -1.74. The molecule has 2 bridgehead atoms. The molecule has 3 aliphatic heterocycles. The Morgan fingerprint density at radius 3 is 2.73 bits per heavy atom. The molecule has 0 unspecified atom stereocenters. The van der Waals surface area contributed by atoms with Gasteiger partial charge in [-0.05, 0) is 37.0 Å². The van der Waals surface area contributed by atoms with E-state index in [0.29, 0.717) is 26.1 Å². The van der Waals surface area contributed by atoms with Gasteiger partial charge in [0.15, 0.2) is 12.1 Å². The van der Waals surface area contributed by atoms with Crippen molar-refractivity contribution in [3.63, 3.8) is 0 Å². The topological polar surface area (TPSA) is 82.1 Å². The van der Waals surface area contributed by atoms with Crippen molar-refractivity contribution in [2.24, 2.45) is 39.9 Å². The van der Waals surface area contributed by atoms with E-state index in [-0.39, 0.29) is 47.3 Å². The molecule has 0 aromatic rings. The fourth-order valence-corrected chi connectivity index (χ4v) is 8.07. The Balaban J connectivity index is 1.58. The summed E-state index contributed by atoms with van der Waals surface area (Å²) < 4.78 is 18.1. The molecule has 142 valence electrons. The minimum atomic E-state index is -1.18. The van der Waals surface area contributed by atoms with Crippen molar-refractivity contribution in [1.82, 2.24) is 0 Å². The van der Waals surface area contributed by atoms with Gasteiger partial charge in [-0.2, -0.15) is 0 Å². The van der Waals surface area contributed by atoms with Crippen LogP contribution in [0.4, 0.5) is 0 Å². The maximum Gasteiger partial charge on any atom is 0.320 e. The first-order chi connectivity index (χ1) is 12.3. The third-order valence-electron chi connectivity index (χ3n) is 9.05. The van der Waals surface area contributed by atoms with E-state index in [2.05, 4.69) is 6.92 Å². The molecule has 6 aliphatic rings. The highest BCUT2D eigenvalue weighted by Gasteiger charge is 2.80. The predicted molar refractivity (Wildman–Crippen MR) is 87.7 cm³/mol. The molecule has 6 nitrogen and oxygen atoms in total. The van der Waals surface area contributed by atoms with Gasteiger partial charge in [-0.3, -0.25) is 9.59 Å². The van der Waals surface area contributed by atoms with Gasteiger partial charge in [-0.25, -0.2) is 0 Å². The normalized spacial score (nSPS) is 62.5. The Hall–Kier alpha value is -0.980. The number of hydrogen-bond acceptors (Lipinski definition) is 6. The molecule has 3 heterocycles. The second kappa shape index (κ2) is 4.53. The van der Waals surface area contributed by atoms with Gasteiger partial charge >= 0.3 is 5.97 Å². The summed E-state index contributed by atoms with van der Waals surface area (Å²) >= 11 is 0. The van der Waals surface area contributed by atoms with Gasteiger partial charge in [-0.1, -0.05) is 13.8 Å². The molecule has 0 radical (unpaired) electrons. The average molecular weight is 362 g/mol. The number of ketones is 1. The van der Waals surface area contributed by atoms with Crippen LogP contribution in [0.15, 0.2) is 0 Å². The number of aliphatic hydroxyl groups excluding tert-OH is 1. The quantitative estimate of drug-likeness (QED) is 0.517. The Labute approximate surface area is 152 Å². The zero-order chi connectivity index (χ0) is 18.1. The number of carbonyl (C=O) groups is 2. The number of ether oxygens (including phenoxy) is 3. The number of aliphatic hydroxyl groups is 1. The van der Waals surface area contributed by atoms with Crippen LogP contribution in [0.2, 0.25) is 0 Å². The lowest BCUT2D eigenvalue weighted by molar-refractivity contribution is -0.246. The minimum absolute atomic E-state index is 0.0171. The number of rotatable bonds is 0. The SMILES string of the molecule is C[C@H]1C(=O)[C@]23C[C@H]1C[C@@H](O)[C@H]2[C@]12CO[C@@H]4OC[C@](C)(CC[C@@H]1OC3=O)[C@@H]42. The van der Waals surface area contributed by atoms with Crippen LogP contribution >= 0.6 is 0 Å². The Bertz CT molecular complexity index is 721. The van der Waals surface area contributed by atoms with Crippen molar-refractivity contribution in [1.29, 1.82) is 0 Å². The van der Waals surface area contributed by atoms with Gasteiger partial charge < -0.3 is 19.3 Å². The average Bonchev–Trinajstić information content (AvgIpc) is 3.22. The maximum atomic E-state index is 13.3. The molecule has 3 saturated carbocycles. The predicted octanol–water partition coefficient (Wildman–Crippen LogP) is 1.29. The zero-order valence-electron chi connectivity index (χ0n) is 15.3. The molecule has 6 heteroatoms. The summed E-state index contributed by atoms with van der Waals surface area (Å²) in [5.74, 6) is -0.867. The van der Waals surface area contributed by atoms with Crippen molar-refractivity contribution in [2.75, 3.05) is 13.2 Å².